The highest BCUT2D eigenvalue weighted by Crippen LogP contribution is 2.15. The van der Waals surface area contributed by atoms with Gasteiger partial charge in [-0.15, -0.1) is 0 Å². The number of allylic oxidation sites excluding steroid dienone is 8. The Labute approximate surface area is 127 Å². The van der Waals surface area contributed by atoms with E-state index in [9.17, 15) is 0 Å². The largest absolute Gasteiger partial charge is 0.0856 e. The van der Waals surface area contributed by atoms with Gasteiger partial charge in [0.25, 0.3) is 0 Å². The Hall–Kier alpha value is -1.04. The van der Waals surface area contributed by atoms with Gasteiger partial charge in [0.15, 0.2) is 0 Å². The number of hydrogen-bond acceptors (Lipinski definition) is 0. The maximum absolute atomic E-state index is 2.43. The van der Waals surface area contributed by atoms with E-state index in [1.165, 1.54) is 48.8 Å². The lowest BCUT2D eigenvalue weighted by molar-refractivity contribution is 0.545. The van der Waals surface area contributed by atoms with E-state index in [0.29, 0.717) is 0 Å². The monoisotopic (exact) mass is 274 g/mol. The lowest BCUT2D eigenvalue weighted by Gasteiger charge is -2.07. The minimum atomic E-state index is 0.776. The lowest BCUT2D eigenvalue weighted by atomic mass is 9.99. The topological polar surface area (TPSA) is 0 Å². The fourth-order valence-corrected chi connectivity index (χ4v) is 2.01. The van der Waals surface area contributed by atoms with E-state index in [1.54, 1.807) is 0 Å². The standard InChI is InChI=1S/C20H34/c1-7-18(4)12-9-14-20(6)16-10-15-19(5)13-8-11-17(2)3/h7,9,11-12,15,20H,8,10,13-14,16H2,1-6H3/b12-9+,18-7-,19-15+. The first-order valence-electron chi connectivity index (χ1n) is 8.04. The minimum Gasteiger partial charge on any atom is -0.0856 e. The molecule has 0 bridgehead atoms. The number of hydrogen-bond donors (Lipinski definition) is 0. The average molecular weight is 274 g/mol. The van der Waals surface area contributed by atoms with Crippen molar-refractivity contribution in [3.8, 4) is 0 Å². The minimum absolute atomic E-state index is 0.776. The summed E-state index contributed by atoms with van der Waals surface area (Å²) in [6.07, 6.45) is 17.5. The molecule has 0 rings (SSSR count). The molecule has 0 aromatic rings. The smallest absolute Gasteiger partial charge is 0.0288 e. The van der Waals surface area contributed by atoms with E-state index in [1.807, 2.05) is 0 Å². The SMILES string of the molecule is C/C=C(C)\C=C\CC(C)CC/C=C(\C)CCC=C(C)C. The number of rotatable bonds is 9. The van der Waals surface area contributed by atoms with Crippen molar-refractivity contribution in [3.63, 3.8) is 0 Å². The molecular weight excluding hydrogens is 240 g/mol. The fraction of sp³-hybridized carbons (Fsp3) is 0.600. The van der Waals surface area contributed by atoms with Crippen LogP contribution >= 0.6 is 0 Å². The maximum Gasteiger partial charge on any atom is -0.0288 e. The fourth-order valence-electron chi connectivity index (χ4n) is 2.01. The second-order valence-corrected chi connectivity index (χ2v) is 6.22. The van der Waals surface area contributed by atoms with Crippen molar-refractivity contribution in [1.82, 2.24) is 0 Å². The molecule has 0 spiro atoms. The van der Waals surface area contributed by atoms with Gasteiger partial charge in [-0.05, 0) is 72.6 Å². The van der Waals surface area contributed by atoms with Crippen LogP contribution in [0.2, 0.25) is 0 Å². The summed E-state index contributed by atoms with van der Waals surface area (Å²) >= 11 is 0. The first-order chi connectivity index (χ1) is 9.45. The van der Waals surface area contributed by atoms with Crippen LogP contribution in [0.1, 0.15) is 73.6 Å². The quantitative estimate of drug-likeness (QED) is 0.313. The molecule has 0 fully saturated rings. The highest BCUT2D eigenvalue weighted by atomic mass is 14.0. The van der Waals surface area contributed by atoms with Gasteiger partial charge in [0.05, 0.1) is 0 Å². The molecule has 0 amide bonds. The summed E-state index contributed by atoms with van der Waals surface area (Å²) in [7, 11) is 0. The molecule has 0 nitrogen and oxygen atoms in total. The van der Waals surface area contributed by atoms with Crippen LogP contribution in [0.15, 0.2) is 47.1 Å². The summed E-state index contributed by atoms with van der Waals surface area (Å²) in [5, 5.41) is 0. The summed E-state index contributed by atoms with van der Waals surface area (Å²) in [5.41, 5.74) is 4.32. The van der Waals surface area contributed by atoms with Crippen LogP contribution in [0.4, 0.5) is 0 Å². The summed E-state index contributed by atoms with van der Waals surface area (Å²) < 4.78 is 0. The second kappa shape index (κ2) is 11.8. The van der Waals surface area contributed by atoms with E-state index in [2.05, 4.69) is 71.9 Å². The van der Waals surface area contributed by atoms with Crippen LogP contribution in [0.5, 0.6) is 0 Å². The van der Waals surface area contributed by atoms with E-state index in [4.69, 9.17) is 0 Å². The molecule has 0 saturated heterocycles. The average Bonchev–Trinajstić information content (AvgIpc) is 2.38. The second-order valence-electron chi connectivity index (χ2n) is 6.22. The van der Waals surface area contributed by atoms with Gasteiger partial charge in [-0.3, -0.25) is 0 Å². The van der Waals surface area contributed by atoms with Gasteiger partial charge in [0.1, 0.15) is 0 Å². The molecule has 20 heavy (non-hydrogen) atoms. The van der Waals surface area contributed by atoms with Crippen molar-refractivity contribution in [2.75, 3.05) is 0 Å². The van der Waals surface area contributed by atoms with Gasteiger partial charge >= 0.3 is 0 Å². The molecule has 0 aliphatic heterocycles. The molecule has 1 atom stereocenters. The Morgan fingerprint density at radius 2 is 1.70 bits per heavy atom. The van der Waals surface area contributed by atoms with Crippen LogP contribution in [0.25, 0.3) is 0 Å². The van der Waals surface area contributed by atoms with E-state index in [0.717, 1.165) is 5.92 Å². The van der Waals surface area contributed by atoms with Gasteiger partial charge in [-0.1, -0.05) is 54.0 Å². The summed E-state index contributed by atoms with van der Waals surface area (Å²) in [5.74, 6) is 0.776. The zero-order chi connectivity index (χ0) is 15.4. The molecule has 0 heteroatoms. The van der Waals surface area contributed by atoms with Crippen molar-refractivity contribution >= 4 is 0 Å². The van der Waals surface area contributed by atoms with Crippen molar-refractivity contribution in [3.05, 3.63) is 47.1 Å². The molecule has 0 N–H and O–H groups in total. The van der Waals surface area contributed by atoms with Crippen LogP contribution < -0.4 is 0 Å². The molecule has 0 aliphatic carbocycles. The molecule has 0 aromatic carbocycles. The Balaban J connectivity index is 3.86. The Morgan fingerprint density at radius 1 is 1.00 bits per heavy atom. The highest BCUT2D eigenvalue weighted by molar-refractivity contribution is 5.14. The van der Waals surface area contributed by atoms with Crippen LogP contribution in [0.3, 0.4) is 0 Å². The molecule has 0 aromatic heterocycles. The van der Waals surface area contributed by atoms with E-state index in [-0.39, 0.29) is 0 Å². The molecule has 0 saturated carbocycles. The van der Waals surface area contributed by atoms with Gasteiger partial charge in [-0.2, -0.15) is 0 Å². The molecular formula is C20H34. The maximum atomic E-state index is 2.43. The third-order valence-electron chi connectivity index (χ3n) is 3.62. The first kappa shape index (κ1) is 19.0. The summed E-state index contributed by atoms with van der Waals surface area (Å²) in [6.45, 7) is 13.2. The Bertz CT molecular complexity index is 359. The van der Waals surface area contributed by atoms with Crippen molar-refractivity contribution < 1.29 is 0 Å². The molecule has 114 valence electrons. The molecule has 0 aliphatic rings. The van der Waals surface area contributed by atoms with Crippen LogP contribution in [-0.4, -0.2) is 0 Å². The lowest BCUT2D eigenvalue weighted by Crippen LogP contribution is -1.91. The van der Waals surface area contributed by atoms with Crippen LogP contribution in [-0.2, 0) is 0 Å². The molecule has 1 unspecified atom stereocenters. The van der Waals surface area contributed by atoms with Crippen LogP contribution in [0, 0.1) is 5.92 Å². The van der Waals surface area contributed by atoms with E-state index >= 15 is 0 Å². The van der Waals surface area contributed by atoms with Gasteiger partial charge in [0.2, 0.25) is 0 Å². The zero-order valence-electron chi connectivity index (χ0n) is 14.5. The predicted octanol–water partition coefficient (Wildman–Crippen LogP) is 7.01. The molecule has 0 heterocycles. The third-order valence-corrected chi connectivity index (χ3v) is 3.62. The predicted molar refractivity (Wildman–Crippen MR) is 94.0 cm³/mol. The van der Waals surface area contributed by atoms with E-state index < -0.39 is 0 Å². The summed E-state index contributed by atoms with van der Waals surface area (Å²) in [4.78, 5) is 0. The van der Waals surface area contributed by atoms with Gasteiger partial charge in [-0.25, -0.2) is 0 Å². The van der Waals surface area contributed by atoms with Crippen molar-refractivity contribution in [2.24, 2.45) is 5.92 Å². The van der Waals surface area contributed by atoms with Gasteiger partial charge in [0, 0.05) is 0 Å². The zero-order valence-corrected chi connectivity index (χ0v) is 14.5. The Morgan fingerprint density at radius 3 is 2.30 bits per heavy atom. The van der Waals surface area contributed by atoms with Crippen molar-refractivity contribution in [2.45, 2.75) is 73.6 Å². The van der Waals surface area contributed by atoms with Crippen molar-refractivity contribution in [1.29, 1.82) is 0 Å². The highest BCUT2D eigenvalue weighted by Gasteiger charge is 1.98. The van der Waals surface area contributed by atoms with Gasteiger partial charge < -0.3 is 0 Å². The normalized spacial score (nSPS) is 14.7. The Kier molecular flexibility index (Phi) is 11.1. The molecule has 0 radical (unpaired) electrons. The summed E-state index contributed by atoms with van der Waals surface area (Å²) in [6, 6.07) is 0. The third kappa shape index (κ3) is 12.0. The first-order valence-corrected chi connectivity index (χ1v) is 8.04.